The standard InChI is InChI=1S/C13H23NS/c1-3-5-12(10-14-4-2)6-7-13-8-9-15-11-13/h8-9,11-12,14H,3-7,10H2,1-2H3. The van der Waals surface area contributed by atoms with E-state index in [1.807, 2.05) is 0 Å². The van der Waals surface area contributed by atoms with Crippen molar-refractivity contribution < 1.29 is 0 Å². The highest BCUT2D eigenvalue weighted by atomic mass is 32.1. The molecule has 0 fully saturated rings. The lowest BCUT2D eigenvalue weighted by molar-refractivity contribution is 0.419. The normalized spacial score (nSPS) is 12.9. The number of aryl methyl sites for hydroxylation is 1. The smallest absolute Gasteiger partial charge is 0.00205 e. The summed E-state index contributed by atoms with van der Waals surface area (Å²) in [5, 5.41) is 7.91. The van der Waals surface area contributed by atoms with Gasteiger partial charge in [0.1, 0.15) is 0 Å². The zero-order chi connectivity index (χ0) is 10.9. The van der Waals surface area contributed by atoms with Crippen LogP contribution in [0.1, 0.15) is 38.7 Å². The summed E-state index contributed by atoms with van der Waals surface area (Å²) in [5.41, 5.74) is 1.51. The molecule has 0 aliphatic carbocycles. The van der Waals surface area contributed by atoms with E-state index in [4.69, 9.17) is 0 Å². The molecule has 86 valence electrons. The predicted molar refractivity (Wildman–Crippen MR) is 69.6 cm³/mol. The molecular formula is C13H23NS. The van der Waals surface area contributed by atoms with Crippen LogP contribution in [-0.4, -0.2) is 13.1 Å². The van der Waals surface area contributed by atoms with Crippen molar-refractivity contribution in [3.63, 3.8) is 0 Å². The first kappa shape index (κ1) is 12.7. The van der Waals surface area contributed by atoms with E-state index in [1.54, 1.807) is 11.3 Å². The minimum atomic E-state index is 0.856. The van der Waals surface area contributed by atoms with Crippen LogP contribution in [0.3, 0.4) is 0 Å². The Morgan fingerprint density at radius 2 is 2.20 bits per heavy atom. The van der Waals surface area contributed by atoms with Crippen molar-refractivity contribution in [1.29, 1.82) is 0 Å². The molecule has 1 aromatic rings. The summed E-state index contributed by atoms with van der Waals surface area (Å²) in [7, 11) is 0. The zero-order valence-corrected chi connectivity index (χ0v) is 10.8. The molecule has 1 aromatic heterocycles. The van der Waals surface area contributed by atoms with Crippen LogP contribution >= 0.6 is 11.3 Å². The SMILES string of the molecule is CCCC(CCc1ccsc1)CNCC. The fourth-order valence-electron chi connectivity index (χ4n) is 1.91. The molecule has 1 rings (SSSR count). The molecule has 0 aliphatic heterocycles. The van der Waals surface area contributed by atoms with Crippen molar-refractivity contribution in [3.8, 4) is 0 Å². The largest absolute Gasteiger partial charge is 0.317 e. The lowest BCUT2D eigenvalue weighted by atomic mass is 9.96. The van der Waals surface area contributed by atoms with Crippen LogP contribution in [0.25, 0.3) is 0 Å². The minimum Gasteiger partial charge on any atom is -0.317 e. The molecule has 1 heterocycles. The Morgan fingerprint density at radius 1 is 1.33 bits per heavy atom. The van der Waals surface area contributed by atoms with E-state index in [9.17, 15) is 0 Å². The van der Waals surface area contributed by atoms with E-state index < -0.39 is 0 Å². The topological polar surface area (TPSA) is 12.0 Å². The Hall–Kier alpha value is -0.340. The van der Waals surface area contributed by atoms with Crippen LogP contribution in [0.2, 0.25) is 0 Å². The average Bonchev–Trinajstić information content (AvgIpc) is 2.75. The fourth-order valence-corrected chi connectivity index (χ4v) is 2.61. The highest BCUT2D eigenvalue weighted by Gasteiger charge is 2.07. The van der Waals surface area contributed by atoms with E-state index in [0.29, 0.717) is 0 Å². The first-order chi connectivity index (χ1) is 7.36. The molecule has 0 aromatic carbocycles. The third-order valence-electron chi connectivity index (χ3n) is 2.80. The van der Waals surface area contributed by atoms with Crippen LogP contribution in [0.4, 0.5) is 0 Å². The van der Waals surface area contributed by atoms with Gasteiger partial charge in [-0.05, 0) is 60.7 Å². The maximum Gasteiger partial charge on any atom is -0.00205 e. The zero-order valence-electron chi connectivity index (χ0n) is 9.96. The van der Waals surface area contributed by atoms with E-state index in [-0.39, 0.29) is 0 Å². The van der Waals surface area contributed by atoms with E-state index in [1.165, 1.54) is 37.8 Å². The summed E-state index contributed by atoms with van der Waals surface area (Å²) in [5.74, 6) is 0.856. The third kappa shape index (κ3) is 5.33. The second kappa shape index (κ2) is 7.89. The van der Waals surface area contributed by atoms with Crippen molar-refractivity contribution in [2.45, 2.75) is 39.5 Å². The van der Waals surface area contributed by atoms with Gasteiger partial charge in [0, 0.05) is 0 Å². The van der Waals surface area contributed by atoms with Crippen molar-refractivity contribution in [2.24, 2.45) is 5.92 Å². The summed E-state index contributed by atoms with van der Waals surface area (Å²) in [6.07, 6.45) is 5.24. The molecular weight excluding hydrogens is 202 g/mol. The van der Waals surface area contributed by atoms with Gasteiger partial charge in [0.2, 0.25) is 0 Å². The summed E-state index contributed by atoms with van der Waals surface area (Å²) in [6.45, 7) is 6.75. The predicted octanol–water partition coefficient (Wildman–Crippen LogP) is 3.71. The van der Waals surface area contributed by atoms with Crippen LogP contribution in [-0.2, 0) is 6.42 Å². The van der Waals surface area contributed by atoms with Gasteiger partial charge in [-0.3, -0.25) is 0 Å². The molecule has 0 saturated heterocycles. The molecule has 0 bridgehead atoms. The van der Waals surface area contributed by atoms with Crippen molar-refractivity contribution in [3.05, 3.63) is 22.4 Å². The van der Waals surface area contributed by atoms with Gasteiger partial charge < -0.3 is 5.32 Å². The van der Waals surface area contributed by atoms with Gasteiger partial charge in [0.25, 0.3) is 0 Å². The molecule has 0 spiro atoms. The van der Waals surface area contributed by atoms with Crippen molar-refractivity contribution in [1.82, 2.24) is 5.32 Å². The maximum atomic E-state index is 3.47. The van der Waals surface area contributed by atoms with Gasteiger partial charge in [-0.15, -0.1) is 0 Å². The number of hydrogen-bond acceptors (Lipinski definition) is 2. The van der Waals surface area contributed by atoms with Crippen molar-refractivity contribution in [2.75, 3.05) is 13.1 Å². The summed E-state index contributed by atoms with van der Waals surface area (Å²) in [4.78, 5) is 0. The maximum absolute atomic E-state index is 3.47. The van der Waals surface area contributed by atoms with Crippen molar-refractivity contribution >= 4 is 11.3 Å². The molecule has 1 unspecified atom stereocenters. The van der Waals surface area contributed by atoms with Crippen LogP contribution < -0.4 is 5.32 Å². The Balaban J connectivity index is 2.24. The number of nitrogens with one attached hydrogen (secondary N) is 1. The Kier molecular flexibility index (Phi) is 6.69. The van der Waals surface area contributed by atoms with Gasteiger partial charge in [-0.1, -0.05) is 20.3 Å². The molecule has 15 heavy (non-hydrogen) atoms. The lowest BCUT2D eigenvalue weighted by Crippen LogP contribution is -2.22. The van der Waals surface area contributed by atoms with E-state index in [0.717, 1.165) is 12.5 Å². The van der Waals surface area contributed by atoms with Gasteiger partial charge in [0.15, 0.2) is 0 Å². The highest BCUT2D eigenvalue weighted by molar-refractivity contribution is 7.07. The molecule has 1 nitrogen and oxygen atoms in total. The van der Waals surface area contributed by atoms with Gasteiger partial charge in [0.05, 0.1) is 0 Å². The third-order valence-corrected chi connectivity index (χ3v) is 3.53. The number of hydrogen-bond donors (Lipinski definition) is 1. The second-order valence-electron chi connectivity index (χ2n) is 4.13. The lowest BCUT2D eigenvalue weighted by Gasteiger charge is -2.15. The minimum absolute atomic E-state index is 0.856. The molecule has 0 radical (unpaired) electrons. The molecule has 1 atom stereocenters. The fraction of sp³-hybridized carbons (Fsp3) is 0.692. The molecule has 0 aliphatic rings. The Morgan fingerprint density at radius 3 is 2.80 bits per heavy atom. The summed E-state index contributed by atoms with van der Waals surface area (Å²) < 4.78 is 0. The van der Waals surface area contributed by atoms with Crippen LogP contribution in [0.5, 0.6) is 0 Å². The highest BCUT2D eigenvalue weighted by Crippen LogP contribution is 2.16. The summed E-state index contributed by atoms with van der Waals surface area (Å²) >= 11 is 1.81. The molecule has 1 N–H and O–H groups in total. The summed E-state index contributed by atoms with van der Waals surface area (Å²) in [6, 6.07) is 2.25. The Labute approximate surface area is 97.9 Å². The monoisotopic (exact) mass is 225 g/mol. The van der Waals surface area contributed by atoms with Gasteiger partial charge in [-0.2, -0.15) is 11.3 Å². The molecule has 2 heteroatoms. The quantitative estimate of drug-likeness (QED) is 0.711. The molecule has 0 saturated carbocycles. The van der Waals surface area contributed by atoms with Crippen LogP contribution in [0, 0.1) is 5.92 Å². The Bertz CT molecular complexity index is 231. The van der Waals surface area contributed by atoms with E-state index in [2.05, 4.69) is 36.0 Å². The number of rotatable bonds is 8. The first-order valence-electron chi connectivity index (χ1n) is 6.08. The molecule has 0 amide bonds. The van der Waals surface area contributed by atoms with Gasteiger partial charge >= 0.3 is 0 Å². The first-order valence-corrected chi connectivity index (χ1v) is 7.02. The number of thiophene rings is 1. The van der Waals surface area contributed by atoms with E-state index >= 15 is 0 Å². The average molecular weight is 225 g/mol. The second-order valence-corrected chi connectivity index (χ2v) is 4.91. The van der Waals surface area contributed by atoms with Crippen LogP contribution in [0.15, 0.2) is 16.8 Å². The van der Waals surface area contributed by atoms with Gasteiger partial charge in [-0.25, -0.2) is 0 Å².